The zero-order chi connectivity index (χ0) is 11.7. The lowest BCUT2D eigenvalue weighted by molar-refractivity contribution is 0.759. The lowest BCUT2D eigenvalue weighted by Crippen LogP contribution is -2.07. The SMILES string of the molecule is Cc1cc(Br)c(-n2nncc2CN)cc1Cl. The Kier molecular flexibility index (Phi) is 3.28. The second-order valence-corrected chi connectivity index (χ2v) is 4.66. The Morgan fingerprint density at radius 3 is 2.94 bits per heavy atom. The highest BCUT2D eigenvalue weighted by molar-refractivity contribution is 9.10. The molecule has 1 aromatic heterocycles. The van der Waals surface area contributed by atoms with E-state index in [0.29, 0.717) is 11.6 Å². The van der Waals surface area contributed by atoms with Crippen LogP contribution in [-0.4, -0.2) is 15.0 Å². The summed E-state index contributed by atoms with van der Waals surface area (Å²) < 4.78 is 2.59. The van der Waals surface area contributed by atoms with Gasteiger partial charge in [0.25, 0.3) is 0 Å². The van der Waals surface area contributed by atoms with Crippen molar-refractivity contribution in [1.82, 2.24) is 15.0 Å². The van der Waals surface area contributed by atoms with Crippen LogP contribution >= 0.6 is 27.5 Å². The van der Waals surface area contributed by atoms with Gasteiger partial charge in [-0.05, 0) is 40.5 Å². The molecule has 2 rings (SSSR count). The lowest BCUT2D eigenvalue weighted by Gasteiger charge is -2.09. The van der Waals surface area contributed by atoms with Crippen LogP contribution in [0.2, 0.25) is 5.02 Å². The first-order valence-electron chi connectivity index (χ1n) is 4.69. The van der Waals surface area contributed by atoms with E-state index in [1.54, 1.807) is 10.9 Å². The molecule has 0 unspecified atom stereocenters. The summed E-state index contributed by atoms with van der Waals surface area (Å²) in [6.45, 7) is 2.33. The molecule has 0 aliphatic heterocycles. The second-order valence-electron chi connectivity index (χ2n) is 3.39. The molecule has 0 fully saturated rings. The number of nitrogens with two attached hydrogens (primary N) is 1. The van der Waals surface area contributed by atoms with Crippen molar-refractivity contribution in [2.75, 3.05) is 0 Å². The van der Waals surface area contributed by atoms with E-state index >= 15 is 0 Å². The third-order valence-corrected chi connectivity index (χ3v) is 3.33. The third kappa shape index (κ3) is 1.98. The topological polar surface area (TPSA) is 56.7 Å². The van der Waals surface area contributed by atoms with Crippen molar-refractivity contribution < 1.29 is 0 Å². The van der Waals surface area contributed by atoms with E-state index in [4.69, 9.17) is 17.3 Å². The van der Waals surface area contributed by atoms with E-state index in [9.17, 15) is 0 Å². The smallest absolute Gasteiger partial charge is 0.0824 e. The van der Waals surface area contributed by atoms with Crippen LogP contribution < -0.4 is 5.73 Å². The summed E-state index contributed by atoms with van der Waals surface area (Å²) in [5, 5.41) is 8.51. The van der Waals surface area contributed by atoms with Gasteiger partial charge in [-0.3, -0.25) is 0 Å². The molecule has 16 heavy (non-hydrogen) atoms. The number of benzene rings is 1. The Morgan fingerprint density at radius 2 is 2.25 bits per heavy atom. The molecule has 4 nitrogen and oxygen atoms in total. The molecule has 84 valence electrons. The number of nitrogens with zero attached hydrogens (tertiary/aromatic N) is 3. The molecule has 1 heterocycles. The van der Waals surface area contributed by atoms with E-state index in [-0.39, 0.29) is 0 Å². The van der Waals surface area contributed by atoms with Gasteiger partial charge in [-0.2, -0.15) is 0 Å². The van der Waals surface area contributed by atoms with Gasteiger partial charge in [-0.15, -0.1) is 5.10 Å². The molecule has 0 saturated heterocycles. The Bertz CT molecular complexity index is 524. The van der Waals surface area contributed by atoms with E-state index in [1.165, 1.54) is 0 Å². The maximum absolute atomic E-state index is 6.08. The molecule has 0 atom stereocenters. The molecule has 1 aromatic carbocycles. The molecule has 0 saturated carbocycles. The van der Waals surface area contributed by atoms with Crippen molar-refractivity contribution in [3.63, 3.8) is 0 Å². The summed E-state index contributed by atoms with van der Waals surface area (Å²) in [5.74, 6) is 0. The van der Waals surface area contributed by atoms with Gasteiger partial charge in [0.05, 0.1) is 17.6 Å². The van der Waals surface area contributed by atoms with Gasteiger partial charge >= 0.3 is 0 Å². The highest BCUT2D eigenvalue weighted by atomic mass is 79.9. The zero-order valence-electron chi connectivity index (χ0n) is 8.61. The molecule has 2 aromatic rings. The van der Waals surface area contributed by atoms with E-state index < -0.39 is 0 Å². The monoisotopic (exact) mass is 300 g/mol. The minimum absolute atomic E-state index is 0.380. The predicted molar refractivity (Wildman–Crippen MR) is 66.7 cm³/mol. The van der Waals surface area contributed by atoms with Crippen molar-refractivity contribution in [2.45, 2.75) is 13.5 Å². The average Bonchev–Trinajstić information content (AvgIpc) is 2.71. The predicted octanol–water partition coefficient (Wildman–Crippen LogP) is 2.45. The molecular weight excluding hydrogens is 291 g/mol. The molecule has 0 bridgehead atoms. The zero-order valence-corrected chi connectivity index (χ0v) is 11.0. The normalized spacial score (nSPS) is 10.8. The Hall–Kier alpha value is -0.910. The van der Waals surface area contributed by atoms with Crippen molar-refractivity contribution in [3.05, 3.63) is 39.1 Å². The molecule has 0 amide bonds. The lowest BCUT2D eigenvalue weighted by atomic mass is 10.2. The number of aryl methyl sites for hydroxylation is 1. The number of rotatable bonds is 2. The maximum atomic E-state index is 6.08. The molecule has 6 heteroatoms. The van der Waals surface area contributed by atoms with Crippen LogP contribution in [0.25, 0.3) is 5.69 Å². The van der Waals surface area contributed by atoms with Gasteiger partial charge in [-0.25, -0.2) is 4.68 Å². The number of hydrogen-bond donors (Lipinski definition) is 1. The van der Waals surface area contributed by atoms with Crippen molar-refractivity contribution in [2.24, 2.45) is 5.73 Å². The maximum Gasteiger partial charge on any atom is 0.0824 e. The first kappa shape index (κ1) is 11.6. The van der Waals surface area contributed by atoms with Crippen LogP contribution in [0.1, 0.15) is 11.3 Å². The summed E-state index contributed by atoms with van der Waals surface area (Å²) in [5.41, 5.74) is 8.28. The summed E-state index contributed by atoms with van der Waals surface area (Å²) in [6, 6.07) is 3.79. The fourth-order valence-electron chi connectivity index (χ4n) is 1.40. The standard InChI is InChI=1S/C10H10BrClN4/c1-6-2-8(11)10(3-9(6)12)16-7(4-13)5-14-15-16/h2-3,5H,4,13H2,1H3. The summed E-state index contributed by atoms with van der Waals surface area (Å²) in [4.78, 5) is 0. The fraction of sp³-hybridized carbons (Fsp3) is 0.200. The Balaban J connectivity index is 2.60. The minimum atomic E-state index is 0.380. The van der Waals surface area contributed by atoms with Gasteiger partial charge in [-0.1, -0.05) is 16.8 Å². The van der Waals surface area contributed by atoms with E-state index in [0.717, 1.165) is 21.4 Å². The minimum Gasteiger partial charge on any atom is -0.325 e. The Morgan fingerprint density at radius 1 is 1.50 bits per heavy atom. The summed E-state index contributed by atoms with van der Waals surface area (Å²) >= 11 is 9.56. The first-order chi connectivity index (χ1) is 7.63. The molecule has 0 radical (unpaired) electrons. The van der Waals surface area contributed by atoms with Crippen LogP contribution in [0.15, 0.2) is 22.8 Å². The number of hydrogen-bond acceptors (Lipinski definition) is 3. The molecular formula is C10H10BrClN4. The Labute approximate surface area is 107 Å². The fourth-order valence-corrected chi connectivity index (χ4v) is 2.18. The largest absolute Gasteiger partial charge is 0.325 e. The van der Waals surface area contributed by atoms with Crippen LogP contribution in [0.5, 0.6) is 0 Å². The van der Waals surface area contributed by atoms with E-state index in [2.05, 4.69) is 26.2 Å². The van der Waals surface area contributed by atoms with Gasteiger partial charge in [0, 0.05) is 16.0 Å². The number of aromatic nitrogens is 3. The highest BCUT2D eigenvalue weighted by Crippen LogP contribution is 2.28. The summed E-state index contributed by atoms with van der Waals surface area (Å²) in [6.07, 6.45) is 1.64. The van der Waals surface area contributed by atoms with Crippen molar-refractivity contribution in [3.8, 4) is 5.69 Å². The molecule has 0 aliphatic carbocycles. The van der Waals surface area contributed by atoms with Gasteiger partial charge in [0.15, 0.2) is 0 Å². The quantitative estimate of drug-likeness (QED) is 0.927. The molecule has 0 aliphatic rings. The van der Waals surface area contributed by atoms with E-state index in [1.807, 2.05) is 19.1 Å². The number of halogens is 2. The van der Waals surface area contributed by atoms with Crippen LogP contribution in [-0.2, 0) is 6.54 Å². The van der Waals surface area contributed by atoms with Crippen LogP contribution in [0.4, 0.5) is 0 Å². The van der Waals surface area contributed by atoms with Crippen LogP contribution in [0, 0.1) is 6.92 Å². The van der Waals surface area contributed by atoms with Gasteiger partial charge in [0.1, 0.15) is 0 Å². The highest BCUT2D eigenvalue weighted by Gasteiger charge is 2.10. The van der Waals surface area contributed by atoms with Gasteiger partial charge in [0.2, 0.25) is 0 Å². The first-order valence-corrected chi connectivity index (χ1v) is 5.86. The van der Waals surface area contributed by atoms with Gasteiger partial charge < -0.3 is 5.73 Å². The molecule has 2 N–H and O–H groups in total. The second kappa shape index (κ2) is 4.53. The van der Waals surface area contributed by atoms with Crippen molar-refractivity contribution >= 4 is 27.5 Å². The van der Waals surface area contributed by atoms with Crippen LogP contribution in [0.3, 0.4) is 0 Å². The van der Waals surface area contributed by atoms with Crippen molar-refractivity contribution in [1.29, 1.82) is 0 Å². The summed E-state index contributed by atoms with van der Waals surface area (Å²) in [7, 11) is 0. The molecule has 0 spiro atoms. The third-order valence-electron chi connectivity index (χ3n) is 2.29. The average molecular weight is 302 g/mol.